The average Bonchev–Trinajstić information content (AvgIpc) is 3.15. The first kappa shape index (κ1) is 18.2. The van der Waals surface area contributed by atoms with E-state index < -0.39 is 0 Å². The fourth-order valence-corrected chi connectivity index (χ4v) is 4.66. The van der Waals surface area contributed by atoms with Crippen molar-refractivity contribution in [2.45, 2.75) is 45.1 Å². The van der Waals surface area contributed by atoms with Crippen LogP contribution in [-0.2, 0) is 6.42 Å². The molecule has 0 saturated carbocycles. The molecule has 1 aromatic rings. The van der Waals surface area contributed by atoms with Crippen molar-refractivity contribution >= 4 is 5.71 Å². The van der Waals surface area contributed by atoms with Crippen LogP contribution in [0.15, 0.2) is 22.9 Å². The Morgan fingerprint density at radius 2 is 2.22 bits per heavy atom. The van der Waals surface area contributed by atoms with Crippen molar-refractivity contribution in [2.75, 3.05) is 27.5 Å². The minimum absolute atomic E-state index is 0.177. The van der Waals surface area contributed by atoms with Crippen molar-refractivity contribution in [3.8, 4) is 17.2 Å². The molecule has 0 radical (unpaired) electrons. The maximum Gasteiger partial charge on any atom is 0.231 e. The van der Waals surface area contributed by atoms with Crippen LogP contribution in [0.3, 0.4) is 0 Å². The molecule has 0 amide bonds. The summed E-state index contributed by atoms with van der Waals surface area (Å²) in [5, 5.41) is 13.5. The van der Waals surface area contributed by atoms with Gasteiger partial charge in [0.25, 0.3) is 0 Å². The number of nitrogens with one attached hydrogen (secondary N) is 1. The molecular weight excluding hydrogens is 344 g/mol. The molecule has 146 valence electrons. The molecule has 27 heavy (non-hydrogen) atoms. The van der Waals surface area contributed by atoms with Crippen LogP contribution in [0.4, 0.5) is 0 Å². The fraction of sp³-hybridized carbons (Fsp3) is 0.571. The number of oxime groups is 1. The fourth-order valence-electron chi connectivity index (χ4n) is 4.66. The van der Waals surface area contributed by atoms with Gasteiger partial charge in [-0.25, -0.2) is 0 Å². The van der Waals surface area contributed by atoms with Crippen LogP contribution in [0.1, 0.15) is 49.8 Å². The summed E-state index contributed by atoms with van der Waals surface area (Å²) in [6, 6.07) is 2.28. The molecule has 1 aliphatic carbocycles. The van der Waals surface area contributed by atoms with Gasteiger partial charge in [0.05, 0.1) is 32.0 Å². The Hall–Kier alpha value is -2.21. The largest absolute Gasteiger partial charge is 0.492 e. The van der Waals surface area contributed by atoms with Crippen LogP contribution < -0.4 is 19.1 Å². The lowest BCUT2D eigenvalue weighted by atomic mass is 9.81. The molecule has 0 saturated heterocycles. The molecule has 0 fully saturated rings. The molecule has 0 bridgehead atoms. The Bertz CT molecular complexity index is 787. The summed E-state index contributed by atoms with van der Waals surface area (Å²) in [6.45, 7) is 3.44. The summed E-state index contributed by atoms with van der Waals surface area (Å²) in [6.07, 6.45) is 7.07. The Labute approximate surface area is 160 Å². The number of methoxy groups -OCH3 is 1. The van der Waals surface area contributed by atoms with Crippen molar-refractivity contribution in [3.05, 3.63) is 28.8 Å². The third kappa shape index (κ3) is 3.27. The van der Waals surface area contributed by atoms with Crippen LogP contribution >= 0.6 is 0 Å². The molecule has 2 heterocycles. The second-order valence-corrected chi connectivity index (χ2v) is 7.93. The zero-order valence-corrected chi connectivity index (χ0v) is 16.4. The van der Waals surface area contributed by atoms with Gasteiger partial charge in [-0.2, -0.15) is 0 Å². The van der Waals surface area contributed by atoms with Gasteiger partial charge in [0, 0.05) is 18.8 Å². The molecule has 6 heteroatoms. The van der Waals surface area contributed by atoms with E-state index in [4.69, 9.17) is 14.2 Å². The second kappa shape index (κ2) is 7.43. The minimum Gasteiger partial charge on any atom is -0.492 e. The quantitative estimate of drug-likeness (QED) is 0.368. The average molecular weight is 373 g/mol. The number of benzene rings is 1. The summed E-state index contributed by atoms with van der Waals surface area (Å²) in [5.74, 6) is 2.57. The van der Waals surface area contributed by atoms with Gasteiger partial charge in [-0.05, 0) is 37.8 Å². The Balaban J connectivity index is 1.68. The van der Waals surface area contributed by atoms with Gasteiger partial charge in [0.1, 0.15) is 6.04 Å². The zero-order valence-electron chi connectivity index (χ0n) is 16.4. The van der Waals surface area contributed by atoms with E-state index in [9.17, 15) is 5.21 Å². The normalized spacial score (nSPS) is 27.1. The van der Waals surface area contributed by atoms with Gasteiger partial charge in [0.2, 0.25) is 12.5 Å². The minimum atomic E-state index is 0.177. The van der Waals surface area contributed by atoms with E-state index in [0.717, 1.165) is 55.9 Å². The molecule has 1 aromatic carbocycles. The molecular formula is C21H29N2O4+. The maximum atomic E-state index is 9.77. The molecule has 3 aliphatic rings. The predicted octanol–water partition coefficient (Wildman–Crippen LogP) is 2.50. The van der Waals surface area contributed by atoms with E-state index in [1.165, 1.54) is 21.6 Å². The lowest BCUT2D eigenvalue weighted by Gasteiger charge is -2.34. The van der Waals surface area contributed by atoms with E-state index in [0.29, 0.717) is 11.7 Å². The molecule has 3 atom stereocenters. The third-order valence-corrected chi connectivity index (χ3v) is 6.33. The topological polar surface area (TPSA) is 64.7 Å². The number of rotatable bonds is 4. The highest BCUT2D eigenvalue weighted by Gasteiger charge is 2.38. The number of quaternary nitrogens is 1. The Morgan fingerprint density at radius 3 is 2.93 bits per heavy atom. The van der Waals surface area contributed by atoms with Crippen molar-refractivity contribution < 1.29 is 24.3 Å². The Kier molecular flexibility index (Phi) is 5.00. The van der Waals surface area contributed by atoms with Gasteiger partial charge in [0.15, 0.2) is 11.5 Å². The number of nitrogens with zero attached hydrogens (tertiary/aromatic N) is 1. The van der Waals surface area contributed by atoms with Crippen LogP contribution in [0, 0.1) is 5.92 Å². The zero-order chi connectivity index (χ0) is 19.0. The molecule has 6 nitrogen and oxygen atoms in total. The molecule has 2 N–H and O–H groups in total. The van der Waals surface area contributed by atoms with Crippen molar-refractivity contribution in [1.29, 1.82) is 0 Å². The molecule has 4 rings (SSSR count). The van der Waals surface area contributed by atoms with E-state index in [1.54, 1.807) is 7.11 Å². The van der Waals surface area contributed by atoms with Gasteiger partial charge in [-0.1, -0.05) is 16.8 Å². The highest BCUT2D eigenvalue weighted by molar-refractivity contribution is 5.87. The van der Waals surface area contributed by atoms with E-state index >= 15 is 0 Å². The van der Waals surface area contributed by atoms with E-state index in [-0.39, 0.29) is 12.8 Å². The predicted molar refractivity (Wildman–Crippen MR) is 102 cm³/mol. The van der Waals surface area contributed by atoms with Crippen LogP contribution in [0.2, 0.25) is 0 Å². The number of allylic oxidation sites excluding steroid dienone is 2. The van der Waals surface area contributed by atoms with Crippen molar-refractivity contribution in [1.82, 2.24) is 0 Å². The monoisotopic (exact) mass is 373 g/mol. The number of hydrogen-bond donors (Lipinski definition) is 2. The summed E-state index contributed by atoms with van der Waals surface area (Å²) in [5.41, 5.74) is 4.76. The van der Waals surface area contributed by atoms with Crippen molar-refractivity contribution in [3.63, 3.8) is 0 Å². The van der Waals surface area contributed by atoms with E-state index in [2.05, 4.69) is 31.3 Å². The first-order valence-electron chi connectivity index (χ1n) is 9.80. The van der Waals surface area contributed by atoms with E-state index in [1.807, 2.05) is 0 Å². The number of likely N-dealkylation sites (N-methyl/N-ethyl adjacent to an activating group) is 1. The highest BCUT2D eigenvalue weighted by Crippen LogP contribution is 2.48. The molecule has 0 spiro atoms. The lowest BCUT2D eigenvalue weighted by Crippen LogP contribution is -3.10. The summed E-state index contributed by atoms with van der Waals surface area (Å²) in [7, 11) is 3.89. The van der Waals surface area contributed by atoms with Gasteiger partial charge >= 0.3 is 0 Å². The number of ether oxygens (including phenoxy) is 3. The molecule has 1 unspecified atom stereocenters. The molecule has 2 aliphatic heterocycles. The summed E-state index contributed by atoms with van der Waals surface area (Å²) < 4.78 is 17.1. The molecule has 0 aromatic heterocycles. The first-order chi connectivity index (χ1) is 13.1. The lowest BCUT2D eigenvalue weighted by molar-refractivity contribution is -0.913. The van der Waals surface area contributed by atoms with Crippen molar-refractivity contribution in [2.24, 2.45) is 11.1 Å². The number of hydrogen-bond acceptors (Lipinski definition) is 5. The van der Waals surface area contributed by atoms with Crippen LogP contribution in [0.25, 0.3) is 0 Å². The Morgan fingerprint density at radius 1 is 1.37 bits per heavy atom. The summed E-state index contributed by atoms with van der Waals surface area (Å²) in [4.78, 5) is 1.41. The number of fused-ring (bicyclic) bond motifs is 2. The second-order valence-electron chi connectivity index (χ2n) is 7.93. The van der Waals surface area contributed by atoms with Crippen LogP contribution in [-0.4, -0.2) is 38.4 Å². The standard InChI is InChI=1S/C21H28N2O4/c1-13-4-6-14(7-5-13)16(22-24)11-17-19-15(8-9-23(17)2)10-18-20(21(19)25-3)27-12-26-18/h4,10,14,17,24H,5-9,11-12H2,1-3H3/p+1/t14-,17-/m1/s1. The summed E-state index contributed by atoms with van der Waals surface area (Å²) >= 11 is 0. The third-order valence-electron chi connectivity index (χ3n) is 6.33. The SMILES string of the molecule is COc1c2c(cc3c1[C@@H](CC(=NO)[C@@H]1CC=C(C)CC1)[NH+](C)CC3)OCO2. The maximum absolute atomic E-state index is 9.77. The first-order valence-corrected chi connectivity index (χ1v) is 9.80. The van der Waals surface area contributed by atoms with Crippen LogP contribution in [0.5, 0.6) is 17.2 Å². The highest BCUT2D eigenvalue weighted by atomic mass is 16.7. The smallest absolute Gasteiger partial charge is 0.231 e. The van der Waals surface area contributed by atoms with Gasteiger partial charge in [-0.15, -0.1) is 0 Å². The van der Waals surface area contributed by atoms with Gasteiger partial charge < -0.3 is 24.3 Å². The van der Waals surface area contributed by atoms with Gasteiger partial charge in [-0.3, -0.25) is 0 Å².